The molecule has 2 atom stereocenters. The summed E-state index contributed by atoms with van der Waals surface area (Å²) >= 11 is 0. The van der Waals surface area contributed by atoms with Crippen LogP contribution in [-0.4, -0.2) is 34.2 Å². The minimum absolute atomic E-state index is 0.0501. The third-order valence-corrected chi connectivity index (χ3v) is 4.23. The number of hydrogen-bond donors (Lipinski definition) is 1. The van der Waals surface area contributed by atoms with Crippen LogP contribution in [0.3, 0.4) is 0 Å². The SMILES string of the molecule is CC(C)(C)OC(=O)N1CCC[C@@H]1C(Oc1ccccc1)c1cc[nH]c1. The van der Waals surface area contributed by atoms with Gasteiger partial charge in [0.15, 0.2) is 0 Å². The Morgan fingerprint density at radius 1 is 1.24 bits per heavy atom. The molecule has 1 aromatic heterocycles. The van der Waals surface area contributed by atoms with Crippen molar-refractivity contribution in [2.45, 2.75) is 51.4 Å². The molecule has 0 radical (unpaired) electrons. The Morgan fingerprint density at radius 3 is 2.64 bits per heavy atom. The summed E-state index contributed by atoms with van der Waals surface area (Å²) in [7, 11) is 0. The number of aromatic nitrogens is 1. The largest absolute Gasteiger partial charge is 0.484 e. The van der Waals surface area contributed by atoms with Gasteiger partial charge in [-0.1, -0.05) is 18.2 Å². The average Bonchev–Trinajstić information content (AvgIpc) is 3.24. The van der Waals surface area contributed by atoms with Gasteiger partial charge in [0.05, 0.1) is 6.04 Å². The van der Waals surface area contributed by atoms with Crippen molar-refractivity contribution in [2.75, 3.05) is 6.54 Å². The van der Waals surface area contributed by atoms with E-state index in [4.69, 9.17) is 9.47 Å². The number of amides is 1. The number of rotatable bonds is 4. The lowest BCUT2D eigenvalue weighted by Crippen LogP contribution is -2.43. The molecule has 5 heteroatoms. The van der Waals surface area contributed by atoms with E-state index in [1.165, 1.54) is 0 Å². The van der Waals surface area contributed by atoms with Gasteiger partial charge in [0.1, 0.15) is 17.5 Å². The third-order valence-electron chi connectivity index (χ3n) is 4.23. The molecule has 0 aliphatic carbocycles. The van der Waals surface area contributed by atoms with E-state index in [0.717, 1.165) is 24.2 Å². The first-order valence-electron chi connectivity index (χ1n) is 8.78. The normalized spacial score (nSPS) is 18.8. The van der Waals surface area contributed by atoms with Crippen molar-refractivity contribution in [3.8, 4) is 5.75 Å². The van der Waals surface area contributed by atoms with Crippen LogP contribution < -0.4 is 4.74 Å². The second-order valence-corrected chi connectivity index (χ2v) is 7.38. The Bertz CT molecular complexity index is 677. The molecular formula is C20H26N2O3. The molecular weight excluding hydrogens is 316 g/mol. The van der Waals surface area contributed by atoms with E-state index < -0.39 is 5.60 Å². The number of hydrogen-bond acceptors (Lipinski definition) is 3. The lowest BCUT2D eigenvalue weighted by molar-refractivity contribution is 0.00886. The zero-order valence-electron chi connectivity index (χ0n) is 15.1. The minimum Gasteiger partial charge on any atom is -0.484 e. The zero-order valence-corrected chi connectivity index (χ0v) is 15.1. The molecule has 1 unspecified atom stereocenters. The first kappa shape index (κ1) is 17.4. The van der Waals surface area contributed by atoms with Crippen LogP contribution in [-0.2, 0) is 4.74 Å². The van der Waals surface area contributed by atoms with Gasteiger partial charge in [-0.25, -0.2) is 4.79 Å². The lowest BCUT2D eigenvalue weighted by atomic mass is 10.0. The van der Waals surface area contributed by atoms with Crippen LogP contribution in [0.15, 0.2) is 48.8 Å². The molecule has 25 heavy (non-hydrogen) atoms. The summed E-state index contributed by atoms with van der Waals surface area (Å²) < 4.78 is 11.9. The second-order valence-electron chi connectivity index (χ2n) is 7.38. The van der Waals surface area contributed by atoms with Crippen LogP contribution in [0.25, 0.3) is 0 Å². The number of carbonyl (C=O) groups excluding carboxylic acids is 1. The summed E-state index contributed by atoms with van der Waals surface area (Å²) in [6, 6.07) is 11.7. The Morgan fingerprint density at radius 2 is 2.00 bits per heavy atom. The molecule has 2 aromatic rings. The van der Waals surface area contributed by atoms with E-state index in [1.807, 2.05) is 74.5 Å². The smallest absolute Gasteiger partial charge is 0.410 e. The molecule has 2 heterocycles. The van der Waals surface area contributed by atoms with Crippen LogP contribution in [0, 0.1) is 0 Å². The van der Waals surface area contributed by atoms with E-state index in [2.05, 4.69) is 4.98 Å². The van der Waals surface area contributed by atoms with Gasteiger partial charge in [0.25, 0.3) is 0 Å². The van der Waals surface area contributed by atoms with Gasteiger partial charge in [-0.3, -0.25) is 0 Å². The number of nitrogens with one attached hydrogen (secondary N) is 1. The predicted octanol–water partition coefficient (Wildman–Crippen LogP) is 4.53. The highest BCUT2D eigenvalue weighted by Crippen LogP contribution is 2.34. The molecule has 1 saturated heterocycles. The maximum absolute atomic E-state index is 12.6. The van der Waals surface area contributed by atoms with Crippen molar-refractivity contribution in [3.63, 3.8) is 0 Å². The number of carbonyl (C=O) groups is 1. The maximum atomic E-state index is 12.6. The third kappa shape index (κ3) is 4.35. The van der Waals surface area contributed by atoms with Crippen molar-refractivity contribution in [1.29, 1.82) is 0 Å². The standard InChI is InChI=1S/C20H26N2O3/c1-20(2,3)25-19(23)22-13-7-10-17(22)18(15-11-12-21-14-15)24-16-8-5-4-6-9-16/h4-6,8-9,11-12,14,17-18,21H,7,10,13H2,1-3H3/t17-,18?/m1/s1. The molecule has 1 aliphatic rings. The highest BCUT2D eigenvalue weighted by atomic mass is 16.6. The van der Waals surface area contributed by atoms with Crippen molar-refractivity contribution in [2.24, 2.45) is 0 Å². The number of H-pyrrole nitrogens is 1. The van der Waals surface area contributed by atoms with Gasteiger partial charge < -0.3 is 19.4 Å². The zero-order chi connectivity index (χ0) is 17.9. The molecule has 1 amide bonds. The van der Waals surface area contributed by atoms with Crippen LogP contribution in [0.4, 0.5) is 4.79 Å². The van der Waals surface area contributed by atoms with Gasteiger partial charge in [0.2, 0.25) is 0 Å². The quantitative estimate of drug-likeness (QED) is 0.888. The summed E-state index contributed by atoms with van der Waals surface area (Å²) in [5, 5.41) is 0. The first-order chi connectivity index (χ1) is 11.9. The van der Waals surface area contributed by atoms with Gasteiger partial charge in [-0.2, -0.15) is 0 Å². The fourth-order valence-electron chi connectivity index (χ4n) is 3.18. The van der Waals surface area contributed by atoms with E-state index in [0.29, 0.717) is 6.54 Å². The monoisotopic (exact) mass is 342 g/mol. The van der Waals surface area contributed by atoms with Crippen LogP contribution in [0.1, 0.15) is 45.3 Å². The van der Waals surface area contributed by atoms with Gasteiger partial charge in [-0.05, 0) is 51.8 Å². The Labute approximate surface area is 148 Å². The molecule has 1 N–H and O–H groups in total. The Balaban J connectivity index is 1.83. The summed E-state index contributed by atoms with van der Waals surface area (Å²) in [5.74, 6) is 0.796. The van der Waals surface area contributed by atoms with Crippen LogP contribution >= 0.6 is 0 Å². The van der Waals surface area contributed by atoms with E-state index >= 15 is 0 Å². The van der Waals surface area contributed by atoms with Crippen LogP contribution in [0.2, 0.25) is 0 Å². The number of aromatic amines is 1. The fraction of sp³-hybridized carbons (Fsp3) is 0.450. The highest BCUT2D eigenvalue weighted by molar-refractivity contribution is 5.69. The molecule has 0 spiro atoms. The van der Waals surface area contributed by atoms with Crippen molar-refractivity contribution in [1.82, 2.24) is 9.88 Å². The second kappa shape index (κ2) is 7.21. The molecule has 0 saturated carbocycles. The number of nitrogens with zero attached hydrogens (tertiary/aromatic N) is 1. The molecule has 3 rings (SSSR count). The van der Waals surface area contributed by atoms with Crippen molar-refractivity contribution in [3.05, 3.63) is 54.4 Å². The van der Waals surface area contributed by atoms with E-state index in [9.17, 15) is 4.79 Å². The average molecular weight is 342 g/mol. The fourth-order valence-corrected chi connectivity index (χ4v) is 3.18. The van der Waals surface area contributed by atoms with Crippen molar-refractivity contribution >= 4 is 6.09 Å². The summed E-state index contributed by atoms with van der Waals surface area (Å²) in [6.07, 6.45) is 5.14. The van der Waals surface area contributed by atoms with Gasteiger partial charge in [0, 0.05) is 24.5 Å². The van der Waals surface area contributed by atoms with Crippen molar-refractivity contribution < 1.29 is 14.3 Å². The lowest BCUT2D eigenvalue weighted by Gasteiger charge is -2.33. The Hall–Kier alpha value is -2.43. The summed E-state index contributed by atoms with van der Waals surface area (Å²) in [6.45, 7) is 6.36. The number of likely N-dealkylation sites (tertiary alicyclic amines) is 1. The van der Waals surface area contributed by atoms with E-state index in [1.54, 1.807) is 0 Å². The summed E-state index contributed by atoms with van der Waals surface area (Å²) in [5.41, 5.74) is 0.526. The molecule has 5 nitrogen and oxygen atoms in total. The van der Waals surface area contributed by atoms with Gasteiger partial charge >= 0.3 is 6.09 Å². The predicted molar refractivity (Wildman–Crippen MR) is 96.6 cm³/mol. The summed E-state index contributed by atoms with van der Waals surface area (Å²) in [4.78, 5) is 17.5. The molecule has 1 fully saturated rings. The molecule has 0 bridgehead atoms. The first-order valence-corrected chi connectivity index (χ1v) is 8.78. The van der Waals surface area contributed by atoms with E-state index in [-0.39, 0.29) is 18.2 Å². The number of ether oxygens (including phenoxy) is 2. The Kier molecular flexibility index (Phi) is 5.02. The highest BCUT2D eigenvalue weighted by Gasteiger charge is 2.39. The minimum atomic E-state index is -0.506. The molecule has 134 valence electrons. The topological polar surface area (TPSA) is 54.6 Å². The molecule has 1 aliphatic heterocycles. The number of benzene rings is 1. The maximum Gasteiger partial charge on any atom is 0.410 e. The number of para-hydroxylation sites is 1. The van der Waals surface area contributed by atoms with Gasteiger partial charge in [-0.15, -0.1) is 0 Å². The van der Waals surface area contributed by atoms with Crippen LogP contribution in [0.5, 0.6) is 5.75 Å². The molecule has 1 aromatic carbocycles.